The fraction of sp³-hybridized carbons (Fsp3) is 1.00. The van der Waals surface area contributed by atoms with Gasteiger partial charge in [0.25, 0.3) is 0 Å². The van der Waals surface area contributed by atoms with Gasteiger partial charge in [-0.25, -0.2) is 0 Å². The Kier molecular flexibility index (Phi) is 30.9. The quantitative estimate of drug-likeness (QED) is 0.538. The van der Waals surface area contributed by atoms with E-state index in [2.05, 4.69) is 0 Å². The monoisotopic (exact) mass is 296 g/mol. The van der Waals surface area contributed by atoms with Gasteiger partial charge in [0.1, 0.15) is 0 Å². The van der Waals surface area contributed by atoms with Crippen LogP contribution >= 0.6 is 24.8 Å². The van der Waals surface area contributed by atoms with E-state index in [1.807, 2.05) is 33.7 Å². The van der Waals surface area contributed by atoms with Crippen molar-refractivity contribution in [2.24, 2.45) is 0 Å². The average molecular weight is 297 g/mol. The van der Waals surface area contributed by atoms with E-state index in [9.17, 15) is 0 Å². The third-order valence-corrected chi connectivity index (χ3v) is 2.62. The van der Waals surface area contributed by atoms with Crippen LogP contribution in [0.5, 0.6) is 0 Å². The van der Waals surface area contributed by atoms with Crippen molar-refractivity contribution < 1.29 is 0 Å². The van der Waals surface area contributed by atoms with Crippen LogP contribution in [0.4, 0.5) is 0 Å². The summed E-state index contributed by atoms with van der Waals surface area (Å²) in [7, 11) is 0. The summed E-state index contributed by atoms with van der Waals surface area (Å²) in [6.07, 6.45) is 4.39. The molecule has 2 atom stereocenters. The van der Waals surface area contributed by atoms with Gasteiger partial charge in [0, 0.05) is 0 Å². The molecule has 0 rings (SSSR count). The summed E-state index contributed by atoms with van der Waals surface area (Å²) < 4.78 is 0. The first kappa shape index (κ1) is 17.0. The van der Waals surface area contributed by atoms with Crippen LogP contribution in [0.3, 0.4) is 0 Å². The topological polar surface area (TPSA) is 0 Å². The minimum atomic E-state index is 0. The Morgan fingerprint density at radius 1 is 0.667 bits per heavy atom. The van der Waals surface area contributed by atoms with E-state index in [4.69, 9.17) is 0 Å². The van der Waals surface area contributed by atoms with Crippen molar-refractivity contribution in [2.45, 2.75) is 29.7 Å². The zero-order valence-electron chi connectivity index (χ0n) is 5.51. The predicted molar refractivity (Wildman–Crippen MR) is 55.0 cm³/mol. The first-order chi connectivity index (χ1) is 3.41. The summed E-state index contributed by atoms with van der Waals surface area (Å²) in [6, 6.07) is 0. The number of unbranched alkanes of at least 4 members (excludes halogenated alkanes) is 2. The molecule has 0 N–H and O–H groups in total. The van der Waals surface area contributed by atoms with Crippen molar-refractivity contribution in [3.63, 3.8) is 0 Å². The number of hydrogen-bond acceptors (Lipinski definition) is 0. The molecule has 60 valence electrons. The Hall–Kier alpha value is 1.70. The maximum atomic E-state index is 1.87. The van der Waals surface area contributed by atoms with E-state index in [-0.39, 0.29) is 24.8 Å². The Balaban J connectivity index is -0.000000180. The van der Waals surface area contributed by atoms with Gasteiger partial charge in [0.15, 0.2) is 0 Å². The van der Waals surface area contributed by atoms with E-state index in [0.29, 0.717) is 0 Å². The maximum absolute atomic E-state index is 1.87. The minimum absolute atomic E-state index is 0. The second-order valence-corrected chi connectivity index (χ2v) is 4.06. The van der Waals surface area contributed by atoms with Crippen LogP contribution < -0.4 is 0 Å². The first-order valence-electron chi connectivity index (χ1n) is 2.82. The Morgan fingerprint density at radius 2 is 1.00 bits per heavy atom. The predicted octanol–water partition coefficient (Wildman–Crippen LogP) is 1.10. The fourth-order valence-electron chi connectivity index (χ4n) is 0.465. The summed E-state index contributed by atoms with van der Waals surface area (Å²) in [5.74, 6) is 0. The second-order valence-electron chi connectivity index (χ2n) is 1.64. The number of halogens is 2. The molecular weight excluding hydrogens is 281 g/mol. The van der Waals surface area contributed by atoms with Gasteiger partial charge in [0.2, 0.25) is 0 Å². The van der Waals surface area contributed by atoms with Crippen molar-refractivity contribution in [2.75, 3.05) is 0 Å². The SMILES string of the molecule is Cl.Cl.[AsH2]CCCCC[AsH2]. The van der Waals surface area contributed by atoms with Gasteiger partial charge in [-0.15, -0.1) is 24.8 Å². The summed E-state index contributed by atoms with van der Waals surface area (Å²) in [5, 5.41) is 2.86. The average Bonchev–Trinajstić information content (AvgIpc) is 1.69. The van der Waals surface area contributed by atoms with Gasteiger partial charge in [-0.3, -0.25) is 0 Å². The van der Waals surface area contributed by atoms with Crippen molar-refractivity contribution >= 4 is 58.5 Å². The summed E-state index contributed by atoms with van der Waals surface area (Å²) in [5.41, 5.74) is 0. The zero-order valence-corrected chi connectivity index (χ0v) is 12.0. The number of rotatable bonds is 4. The van der Waals surface area contributed by atoms with Gasteiger partial charge in [0.05, 0.1) is 0 Å². The van der Waals surface area contributed by atoms with Crippen LogP contribution in [-0.4, -0.2) is 33.7 Å². The molecule has 0 aliphatic rings. The summed E-state index contributed by atoms with van der Waals surface area (Å²) in [6.45, 7) is 0. The standard InChI is InChI=1S/C5H14As2.2ClH/c6-4-2-1-3-5-7;;/h1-7H2;2*1H. The molecule has 0 heterocycles. The van der Waals surface area contributed by atoms with Gasteiger partial charge >= 0.3 is 63.4 Å². The third kappa shape index (κ3) is 17.7. The molecule has 0 bridgehead atoms. The fourth-order valence-corrected chi connectivity index (χ4v) is 1.68. The van der Waals surface area contributed by atoms with Crippen LogP contribution in [0.1, 0.15) is 19.3 Å². The molecule has 0 aliphatic heterocycles. The Morgan fingerprint density at radius 3 is 1.22 bits per heavy atom. The number of hydrogen-bond donors (Lipinski definition) is 0. The van der Waals surface area contributed by atoms with Gasteiger partial charge in [-0.1, -0.05) is 0 Å². The molecule has 0 nitrogen and oxygen atoms in total. The van der Waals surface area contributed by atoms with E-state index in [1.54, 1.807) is 0 Å². The van der Waals surface area contributed by atoms with E-state index in [1.165, 1.54) is 29.7 Å². The van der Waals surface area contributed by atoms with E-state index >= 15 is 0 Å². The van der Waals surface area contributed by atoms with Crippen LogP contribution in [0.2, 0.25) is 10.4 Å². The van der Waals surface area contributed by atoms with Crippen LogP contribution in [0, 0.1) is 0 Å². The molecule has 4 heteroatoms. The van der Waals surface area contributed by atoms with Crippen molar-refractivity contribution in [1.82, 2.24) is 0 Å². The molecule has 0 radical (unpaired) electrons. The molecule has 0 saturated carbocycles. The second kappa shape index (κ2) is 16.4. The van der Waals surface area contributed by atoms with Crippen molar-refractivity contribution in [3.8, 4) is 0 Å². The molecule has 0 aromatic heterocycles. The molecule has 9 heavy (non-hydrogen) atoms. The van der Waals surface area contributed by atoms with Gasteiger partial charge in [-0.05, 0) is 0 Å². The molecule has 0 aromatic carbocycles. The molecule has 2 unspecified atom stereocenters. The molecule has 0 amide bonds. The van der Waals surface area contributed by atoms with E-state index < -0.39 is 0 Å². The molecule has 0 aromatic rings. The molecular formula is C5H16As2Cl2. The van der Waals surface area contributed by atoms with Crippen molar-refractivity contribution in [3.05, 3.63) is 0 Å². The molecule has 0 saturated heterocycles. The Bertz CT molecular complexity index is 32.1. The molecule has 0 aliphatic carbocycles. The zero-order chi connectivity index (χ0) is 5.54. The van der Waals surface area contributed by atoms with Gasteiger partial charge in [-0.2, -0.15) is 0 Å². The van der Waals surface area contributed by atoms with Crippen LogP contribution in [-0.2, 0) is 0 Å². The van der Waals surface area contributed by atoms with E-state index in [0.717, 1.165) is 0 Å². The van der Waals surface area contributed by atoms with Gasteiger partial charge < -0.3 is 0 Å². The first-order valence-corrected chi connectivity index (χ1v) is 6.24. The molecule has 0 fully saturated rings. The summed E-state index contributed by atoms with van der Waals surface area (Å²) >= 11 is 3.75. The third-order valence-electron chi connectivity index (χ3n) is 0.908. The van der Waals surface area contributed by atoms with Crippen molar-refractivity contribution in [1.29, 1.82) is 0 Å². The summed E-state index contributed by atoms with van der Waals surface area (Å²) in [4.78, 5) is 0. The molecule has 0 spiro atoms. The Labute approximate surface area is 87.7 Å². The van der Waals surface area contributed by atoms with Crippen LogP contribution in [0.25, 0.3) is 0 Å². The van der Waals surface area contributed by atoms with Crippen LogP contribution in [0.15, 0.2) is 0 Å². The normalized spacial score (nSPS) is 7.33.